The van der Waals surface area contributed by atoms with Crippen LogP contribution < -0.4 is 0 Å². The fourth-order valence-electron chi connectivity index (χ4n) is 0.589. The fraction of sp³-hybridized carbons (Fsp3) is 0.286. The number of aromatic nitrogens is 2. The smallest absolute Gasteiger partial charge is 0.302 e. The number of nitrogens with zero attached hydrogens (tertiary/aromatic N) is 2. The van der Waals surface area contributed by atoms with Crippen LogP contribution in [0.2, 0.25) is 0 Å². The maximum atomic E-state index is 10.4. The van der Waals surface area contributed by atoms with Crippen molar-refractivity contribution < 1.29 is 9.53 Å². The molecule has 1 heterocycles. The predicted octanol–water partition coefficient (Wildman–Crippen LogP) is 0.540. The molecule has 4 heteroatoms. The van der Waals surface area contributed by atoms with Crippen molar-refractivity contribution in [3.8, 4) is 0 Å². The van der Waals surface area contributed by atoms with Gasteiger partial charge in [0, 0.05) is 24.9 Å². The van der Waals surface area contributed by atoms with Crippen molar-refractivity contribution in [2.75, 3.05) is 0 Å². The van der Waals surface area contributed by atoms with Crippen molar-refractivity contribution in [3.05, 3.63) is 24.3 Å². The molecule has 0 bridgehead atoms. The molecule has 1 aromatic heterocycles. The number of rotatable bonds is 2. The third kappa shape index (κ3) is 2.75. The molecule has 0 aliphatic carbocycles. The van der Waals surface area contributed by atoms with Crippen molar-refractivity contribution in [3.63, 3.8) is 0 Å². The quantitative estimate of drug-likeness (QED) is 0.580. The maximum Gasteiger partial charge on any atom is 0.302 e. The molecule has 0 spiro atoms. The molecule has 0 radical (unpaired) electrons. The maximum absolute atomic E-state index is 10.4. The minimum atomic E-state index is -0.297. The first-order valence-corrected chi connectivity index (χ1v) is 3.16. The topological polar surface area (TPSA) is 52.1 Å². The monoisotopic (exact) mass is 152 g/mol. The zero-order valence-corrected chi connectivity index (χ0v) is 6.15. The largest absolute Gasteiger partial charge is 0.461 e. The summed E-state index contributed by atoms with van der Waals surface area (Å²) < 4.78 is 4.71. The van der Waals surface area contributed by atoms with Gasteiger partial charge in [0.15, 0.2) is 0 Å². The lowest BCUT2D eigenvalue weighted by molar-refractivity contribution is -0.142. The molecule has 0 saturated heterocycles. The van der Waals surface area contributed by atoms with Gasteiger partial charge in [-0.25, -0.2) is 9.97 Å². The molecule has 1 aromatic rings. The zero-order valence-electron chi connectivity index (χ0n) is 6.15. The van der Waals surface area contributed by atoms with E-state index in [-0.39, 0.29) is 12.6 Å². The summed E-state index contributed by atoms with van der Waals surface area (Å²) in [6.07, 6.45) is 4.64. The number of esters is 1. The van der Waals surface area contributed by atoms with Crippen LogP contribution in [-0.2, 0) is 16.1 Å². The van der Waals surface area contributed by atoms with Gasteiger partial charge in [-0.2, -0.15) is 0 Å². The molecule has 11 heavy (non-hydrogen) atoms. The lowest BCUT2D eigenvalue weighted by Gasteiger charge is -1.98. The second-order valence-corrected chi connectivity index (χ2v) is 2.03. The lowest BCUT2D eigenvalue weighted by atomic mass is 10.4. The molecular weight excluding hydrogens is 144 g/mol. The van der Waals surface area contributed by atoms with E-state index < -0.39 is 0 Å². The summed E-state index contributed by atoms with van der Waals surface area (Å²) >= 11 is 0. The molecule has 0 aliphatic rings. The minimum absolute atomic E-state index is 0.246. The van der Waals surface area contributed by atoms with Crippen molar-refractivity contribution >= 4 is 5.97 Å². The Labute approximate surface area is 64.2 Å². The highest BCUT2D eigenvalue weighted by Crippen LogP contribution is 1.95. The van der Waals surface area contributed by atoms with E-state index in [0.717, 1.165) is 5.56 Å². The second-order valence-electron chi connectivity index (χ2n) is 2.03. The van der Waals surface area contributed by atoms with Crippen LogP contribution >= 0.6 is 0 Å². The van der Waals surface area contributed by atoms with Crippen molar-refractivity contribution in [2.45, 2.75) is 13.5 Å². The summed E-state index contributed by atoms with van der Waals surface area (Å²) in [5.41, 5.74) is 0.794. The van der Waals surface area contributed by atoms with E-state index in [9.17, 15) is 4.79 Å². The molecule has 0 fully saturated rings. The van der Waals surface area contributed by atoms with Gasteiger partial charge in [-0.1, -0.05) is 0 Å². The Balaban J connectivity index is 2.45. The van der Waals surface area contributed by atoms with Crippen LogP contribution in [0.5, 0.6) is 0 Å². The van der Waals surface area contributed by atoms with Gasteiger partial charge in [0.05, 0.1) is 0 Å². The zero-order chi connectivity index (χ0) is 8.10. The summed E-state index contributed by atoms with van der Waals surface area (Å²) in [6, 6.07) is 0. The number of ether oxygens (including phenoxy) is 1. The number of hydrogen-bond donors (Lipinski definition) is 0. The molecule has 4 nitrogen and oxygen atoms in total. The SMILES string of the molecule is CC(=O)OCc1cncnc1. The van der Waals surface area contributed by atoms with Crippen molar-refractivity contribution in [1.82, 2.24) is 9.97 Å². The highest BCUT2D eigenvalue weighted by molar-refractivity contribution is 5.65. The Bertz CT molecular complexity index is 235. The third-order valence-electron chi connectivity index (χ3n) is 1.06. The molecule has 0 atom stereocenters. The molecule has 0 amide bonds. The minimum Gasteiger partial charge on any atom is -0.461 e. The predicted molar refractivity (Wildman–Crippen MR) is 37.5 cm³/mol. The standard InChI is InChI=1S/C7H8N2O2/c1-6(10)11-4-7-2-8-5-9-3-7/h2-3,5H,4H2,1H3. The molecule has 0 aliphatic heterocycles. The number of carbonyl (C=O) groups excluding carboxylic acids is 1. The van der Waals surface area contributed by atoms with Crippen LogP contribution in [-0.4, -0.2) is 15.9 Å². The highest BCUT2D eigenvalue weighted by atomic mass is 16.5. The summed E-state index contributed by atoms with van der Waals surface area (Å²) in [7, 11) is 0. The summed E-state index contributed by atoms with van der Waals surface area (Å²) in [4.78, 5) is 17.9. The van der Waals surface area contributed by atoms with Crippen LogP contribution in [0.25, 0.3) is 0 Å². The number of carbonyl (C=O) groups is 1. The highest BCUT2D eigenvalue weighted by Gasteiger charge is 1.94. The molecule has 0 N–H and O–H groups in total. The van der Waals surface area contributed by atoms with Gasteiger partial charge in [-0.05, 0) is 0 Å². The van der Waals surface area contributed by atoms with Crippen molar-refractivity contribution in [1.29, 1.82) is 0 Å². The normalized spacial score (nSPS) is 9.18. The van der Waals surface area contributed by atoms with E-state index in [0.29, 0.717) is 0 Å². The van der Waals surface area contributed by atoms with E-state index in [1.54, 1.807) is 12.4 Å². The van der Waals surface area contributed by atoms with E-state index in [1.807, 2.05) is 0 Å². The summed E-state index contributed by atoms with van der Waals surface area (Å²) in [6.45, 7) is 1.61. The average molecular weight is 152 g/mol. The average Bonchev–Trinajstić information content (AvgIpc) is 2.03. The molecule has 58 valence electrons. The first-order valence-electron chi connectivity index (χ1n) is 3.16. The first-order chi connectivity index (χ1) is 5.29. The van der Waals surface area contributed by atoms with Crippen molar-refractivity contribution in [2.24, 2.45) is 0 Å². The summed E-state index contributed by atoms with van der Waals surface area (Å²) in [5.74, 6) is -0.297. The Morgan fingerprint density at radius 3 is 2.73 bits per heavy atom. The Kier molecular flexibility index (Phi) is 2.54. The van der Waals surface area contributed by atoms with Gasteiger partial charge >= 0.3 is 5.97 Å². The van der Waals surface area contributed by atoms with Gasteiger partial charge in [-0.3, -0.25) is 4.79 Å². The van der Waals surface area contributed by atoms with Crippen LogP contribution in [0.4, 0.5) is 0 Å². The van der Waals surface area contributed by atoms with Gasteiger partial charge in [-0.15, -0.1) is 0 Å². The molecule has 0 unspecified atom stereocenters. The van der Waals surface area contributed by atoms with Gasteiger partial charge in [0.25, 0.3) is 0 Å². The van der Waals surface area contributed by atoms with Gasteiger partial charge < -0.3 is 4.74 Å². The van der Waals surface area contributed by atoms with Gasteiger partial charge in [0.2, 0.25) is 0 Å². The van der Waals surface area contributed by atoms with Crippen LogP contribution in [0.15, 0.2) is 18.7 Å². The van der Waals surface area contributed by atoms with E-state index in [2.05, 4.69) is 9.97 Å². The second kappa shape index (κ2) is 3.65. The molecule has 0 saturated carbocycles. The van der Waals surface area contributed by atoms with E-state index in [1.165, 1.54) is 13.3 Å². The van der Waals surface area contributed by atoms with E-state index >= 15 is 0 Å². The summed E-state index contributed by atoms with van der Waals surface area (Å²) in [5, 5.41) is 0. The Morgan fingerprint density at radius 1 is 1.55 bits per heavy atom. The Morgan fingerprint density at radius 2 is 2.18 bits per heavy atom. The van der Waals surface area contributed by atoms with Crippen LogP contribution in [0.3, 0.4) is 0 Å². The first kappa shape index (κ1) is 7.65. The molecule has 0 aromatic carbocycles. The van der Waals surface area contributed by atoms with Gasteiger partial charge in [0.1, 0.15) is 12.9 Å². The lowest BCUT2D eigenvalue weighted by Crippen LogP contribution is -1.99. The number of hydrogen-bond acceptors (Lipinski definition) is 4. The molecular formula is C7H8N2O2. The Hall–Kier alpha value is -1.45. The van der Waals surface area contributed by atoms with Crippen LogP contribution in [0.1, 0.15) is 12.5 Å². The van der Waals surface area contributed by atoms with Crippen LogP contribution in [0, 0.1) is 0 Å². The fourth-order valence-corrected chi connectivity index (χ4v) is 0.589. The van der Waals surface area contributed by atoms with E-state index in [4.69, 9.17) is 4.74 Å². The third-order valence-corrected chi connectivity index (χ3v) is 1.06. The molecule has 1 rings (SSSR count).